The van der Waals surface area contributed by atoms with Gasteiger partial charge < -0.3 is 5.32 Å². The second kappa shape index (κ2) is 9.67. The molecule has 0 saturated carbocycles. The number of nitrogens with one attached hydrogen (secondary N) is 2. The zero-order valence-corrected chi connectivity index (χ0v) is 17.5. The van der Waals surface area contributed by atoms with Gasteiger partial charge in [-0.15, -0.1) is 0 Å². The summed E-state index contributed by atoms with van der Waals surface area (Å²) in [6, 6.07) is 13.9. The first-order chi connectivity index (χ1) is 13.9. The van der Waals surface area contributed by atoms with E-state index in [1.165, 1.54) is 11.1 Å². The fourth-order valence-corrected chi connectivity index (χ4v) is 3.65. The maximum atomic E-state index is 12.2. The van der Waals surface area contributed by atoms with Crippen LogP contribution in [-0.4, -0.2) is 54.5 Å². The second-order valence-electron chi connectivity index (χ2n) is 7.86. The number of carbonyl (C=O) groups excluding carboxylic acids is 2. The van der Waals surface area contributed by atoms with Gasteiger partial charge in [0.15, 0.2) is 0 Å². The molecule has 0 atom stereocenters. The minimum atomic E-state index is -0.486. The van der Waals surface area contributed by atoms with Crippen molar-refractivity contribution in [2.75, 3.05) is 38.0 Å². The SMILES string of the molecule is Cc1cccc(CN2CCN(CC(=O)NC(=O)Nc3ccc(C)cc3C)CC2)c1. The largest absolute Gasteiger partial charge is 0.325 e. The molecule has 1 fully saturated rings. The molecule has 1 aliphatic rings. The summed E-state index contributed by atoms with van der Waals surface area (Å²) in [5, 5.41) is 5.18. The standard InChI is InChI=1S/C23H30N4O2/c1-17-5-4-6-20(14-17)15-26-9-11-27(12-10-26)16-22(28)25-23(29)24-21-8-7-18(2)13-19(21)3/h4-8,13-14H,9-12,15-16H2,1-3H3,(H2,24,25,28,29). The highest BCUT2D eigenvalue weighted by Gasteiger charge is 2.20. The predicted molar refractivity (Wildman–Crippen MR) is 116 cm³/mol. The average Bonchev–Trinajstić information content (AvgIpc) is 2.65. The molecule has 2 aromatic rings. The van der Waals surface area contributed by atoms with Crippen LogP contribution in [0.5, 0.6) is 0 Å². The number of anilines is 1. The molecule has 3 amide bonds. The monoisotopic (exact) mass is 394 g/mol. The number of benzene rings is 2. The van der Waals surface area contributed by atoms with Gasteiger partial charge in [0.1, 0.15) is 0 Å². The van der Waals surface area contributed by atoms with Crippen molar-refractivity contribution >= 4 is 17.6 Å². The molecule has 0 radical (unpaired) electrons. The number of aryl methyl sites for hydroxylation is 3. The first-order valence-corrected chi connectivity index (χ1v) is 10.1. The van der Waals surface area contributed by atoms with Crippen molar-refractivity contribution in [2.45, 2.75) is 27.3 Å². The van der Waals surface area contributed by atoms with Gasteiger partial charge in [-0.05, 0) is 38.0 Å². The van der Waals surface area contributed by atoms with E-state index in [0.29, 0.717) is 5.69 Å². The van der Waals surface area contributed by atoms with E-state index in [2.05, 4.69) is 51.6 Å². The van der Waals surface area contributed by atoms with Gasteiger partial charge in [-0.1, -0.05) is 47.5 Å². The van der Waals surface area contributed by atoms with Gasteiger partial charge in [-0.3, -0.25) is 19.9 Å². The minimum absolute atomic E-state index is 0.235. The van der Waals surface area contributed by atoms with Crippen LogP contribution in [0, 0.1) is 20.8 Å². The van der Waals surface area contributed by atoms with Gasteiger partial charge in [-0.2, -0.15) is 0 Å². The molecule has 29 heavy (non-hydrogen) atoms. The Morgan fingerprint density at radius 2 is 1.59 bits per heavy atom. The number of piperazine rings is 1. The van der Waals surface area contributed by atoms with E-state index in [9.17, 15) is 9.59 Å². The van der Waals surface area contributed by atoms with Gasteiger partial charge in [0, 0.05) is 38.4 Å². The van der Waals surface area contributed by atoms with E-state index in [0.717, 1.165) is 43.9 Å². The lowest BCUT2D eigenvalue weighted by Crippen LogP contribution is -2.50. The molecule has 0 aromatic heterocycles. The first-order valence-electron chi connectivity index (χ1n) is 10.1. The van der Waals surface area contributed by atoms with Gasteiger partial charge in [0.05, 0.1) is 6.54 Å². The van der Waals surface area contributed by atoms with Crippen molar-refractivity contribution in [1.82, 2.24) is 15.1 Å². The molecular weight excluding hydrogens is 364 g/mol. The summed E-state index contributed by atoms with van der Waals surface area (Å²) in [7, 11) is 0. The van der Waals surface area contributed by atoms with Crippen LogP contribution >= 0.6 is 0 Å². The van der Waals surface area contributed by atoms with E-state index in [1.54, 1.807) is 0 Å². The van der Waals surface area contributed by atoms with Crippen LogP contribution in [-0.2, 0) is 11.3 Å². The fraction of sp³-hybridized carbons (Fsp3) is 0.391. The number of imide groups is 1. The molecule has 0 unspecified atom stereocenters. The van der Waals surface area contributed by atoms with Crippen molar-refractivity contribution in [3.05, 3.63) is 64.7 Å². The number of amides is 3. The maximum absolute atomic E-state index is 12.2. The number of rotatable bonds is 5. The van der Waals surface area contributed by atoms with Crippen molar-refractivity contribution in [2.24, 2.45) is 0 Å². The summed E-state index contributed by atoms with van der Waals surface area (Å²) < 4.78 is 0. The zero-order valence-electron chi connectivity index (χ0n) is 17.5. The Morgan fingerprint density at radius 3 is 2.28 bits per heavy atom. The summed E-state index contributed by atoms with van der Waals surface area (Å²) in [5.41, 5.74) is 5.41. The maximum Gasteiger partial charge on any atom is 0.325 e. The molecule has 1 heterocycles. The topological polar surface area (TPSA) is 64.7 Å². The number of nitrogens with zero attached hydrogens (tertiary/aromatic N) is 2. The summed E-state index contributed by atoms with van der Waals surface area (Å²) in [6.07, 6.45) is 0. The Morgan fingerprint density at radius 1 is 0.897 bits per heavy atom. The molecule has 6 nitrogen and oxygen atoms in total. The summed E-state index contributed by atoms with van der Waals surface area (Å²) in [5.74, 6) is -0.278. The molecule has 0 spiro atoms. The molecule has 3 rings (SSSR count). The normalized spacial score (nSPS) is 15.1. The molecular formula is C23H30N4O2. The van der Waals surface area contributed by atoms with Crippen LogP contribution in [0.25, 0.3) is 0 Å². The third kappa shape index (κ3) is 6.41. The van der Waals surface area contributed by atoms with Gasteiger partial charge in [0.2, 0.25) is 5.91 Å². The molecule has 2 aromatic carbocycles. The Kier molecular flexibility index (Phi) is 7.01. The lowest BCUT2D eigenvalue weighted by Gasteiger charge is -2.34. The quantitative estimate of drug-likeness (QED) is 0.818. The van der Waals surface area contributed by atoms with E-state index in [-0.39, 0.29) is 12.5 Å². The highest BCUT2D eigenvalue weighted by atomic mass is 16.2. The lowest BCUT2D eigenvalue weighted by molar-refractivity contribution is -0.121. The summed E-state index contributed by atoms with van der Waals surface area (Å²) in [4.78, 5) is 28.8. The highest BCUT2D eigenvalue weighted by Crippen LogP contribution is 2.15. The number of hydrogen-bond donors (Lipinski definition) is 2. The highest BCUT2D eigenvalue weighted by molar-refractivity contribution is 6.02. The molecule has 154 valence electrons. The van der Waals surface area contributed by atoms with Crippen LogP contribution in [0.2, 0.25) is 0 Å². The van der Waals surface area contributed by atoms with Crippen LogP contribution in [0.3, 0.4) is 0 Å². The third-order valence-electron chi connectivity index (χ3n) is 5.20. The van der Waals surface area contributed by atoms with Crippen LogP contribution in [0.15, 0.2) is 42.5 Å². The second-order valence-corrected chi connectivity index (χ2v) is 7.86. The molecule has 0 bridgehead atoms. The molecule has 1 saturated heterocycles. The van der Waals surface area contributed by atoms with Crippen LogP contribution in [0.4, 0.5) is 10.5 Å². The lowest BCUT2D eigenvalue weighted by atomic mass is 10.1. The minimum Gasteiger partial charge on any atom is -0.307 e. The average molecular weight is 395 g/mol. The molecule has 0 aliphatic carbocycles. The number of hydrogen-bond acceptors (Lipinski definition) is 4. The van der Waals surface area contributed by atoms with Crippen molar-refractivity contribution in [1.29, 1.82) is 0 Å². The molecule has 6 heteroatoms. The van der Waals surface area contributed by atoms with Gasteiger partial charge >= 0.3 is 6.03 Å². The number of carbonyl (C=O) groups is 2. The Hall–Kier alpha value is -2.70. The van der Waals surface area contributed by atoms with E-state index in [1.807, 2.05) is 32.0 Å². The first kappa shape index (κ1) is 21.0. The Balaban J connectivity index is 1.40. The summed E-state index contributed by atoms with van der Waals surface area (Å²) in [6.45, 7) is 10.7. The van der Waals surface area contributed by atoms with Crippen molar-refractivity contribution in [3.63, 3.8) is 0 Å². The zero-order chi connectivity index (χ0) is 20.8. The fourth-order valence-electron chi connectivity index (χ4n) is 3.65. The summed E-state index contributed by atoms with van der Waals surface area (Å²) >= 11 is 0. The van der Waals surface area contributed by atoms with Gasteiger partial charge in [-0.25, -0.2) is 4.79 Å². The third-order valence-corrected chi connectivity index (χ3v) is 5.20. The number of urea groups is 1. The Labute approximate surface area is 172 Å². The van der Waals surface area contributed by atoms with E-state index < -0.39 is 6.03 Å². The van der Waals surface area contributed by atoms with Crippen molar-refractivity contribution < 1.29 is 9.59 Å². The smallest absolute Gasteiger partial charge is 0.307 e. The van der Waals surface area contributed by atoms with Crippen LogP contribution < -0.4 is 10.6 Å². The molecule has 2 N–H and O–H groups in total. The Bertz CT molecular complexity index is 873. The van der Waals surface area contributed by atoms with Crippen molar-refractivity contribution in [3.8, 4) is 0 Å². The van der Waals surface area contributed by atoms with Gasteiger partial charge in [0.25, 0.3) is 0 Å². The van der Waals surface area contributed by atoms with Crippen LogP contribution in [0.1, 0.15) is 22.3 Å². The predicted octanol–water partition coefficient (Wildman–Crippen LogP) is 3.08. The molecule has 1 aliphatic heterocycles. The van der Waals surface area contributed by atoms with E-state index >= 15 is 0 Å². The van der Waals surface area contributed by atoms with E-state index in [4.69, 9.17) is 0 Å².